The first kappa shape index (κ1) is 7.56. The average molecular weight is 170 g/mol. The molecule has 0 atom stereocenters. The van der Waals surface area contributed by atoms with Gasteiger partial charge in [-0.1, -0.05) is 0 Å². The molecule has 3 nitrogen and oxygen atoms in total. The highest BCUT2D eigenvalue weighted by atomic mass is 16.3. The van der Waals surface area contributed by atoms with Gasteiger partial charge in [0.1, 0.15) is 11.8 Å². The molecule has 0 aliphatic heterocycles. The van der Waals surface area contributed by atoms with Crippen LogP contribution in [-0.2, 0) is 0 Å². The zero-order valence-corrected chi connectivity index (χ0v) is 6.77. The summed E-state index contributed by atoms with van der Waals surface area (Å²) in [5.74, 6) is 0.693. The monoisotopic (exact) mass is 170 g/mol. The Morgan fingerprint density at radius 1 is 1.38 bits per heavy atom. The lowest BCUT2D eigenvalue weighted by Gasteiger charge is -1.97. The molecular weight excluding hydrogens is 164 g/mol. The first-order valence-corrected chi connectivity index (χ1v) is 3.80. The second kappa shape index (κ2) is 3.11. The van der Waals surface area contributed by atoms with Crippen molar-refractivity contribution in [2.45, 2.75) is 0 Å². The van der Waals surface area contributed by atoms with Crippen LogP contribution in [0.15, 0.2) is 41.3 Å². The largest absolute Gasteiger partial charge is 0.464 e. The van der Waals surface area contributed by atoms with Crippen LogP contribution in [0.5, 0.6) is 0 Å². The Bertz CT molecular complexity index is 440. The fraction of sp³-hybridized carbons (Fsp3) is 0. The number of nitriles is 1. The van der Waals surface area contributed by atoms with Crippen molar-refractivity contribution < 1.29 is 4.42 Å². The topological polar surface area (TPSA) is 49.8 Å². The van der Waals surface area contributed by atoms with Crippen molar-refractivity contribution in [2.24, 2.45) is 0 Å². The van der Waals surface area contributed by atoms with E-state index in [0.29, 0.717) is 11.3 Å². The SMILES string of the molecule is N#Cc1cnccc1-c1ccco1. The van der Waals surface area contributed by atoms with Gasteiger partial charge < -0.3 is 4.42 Å². The van der Waals surface area contributed by atoms with Gasteiger partial charge in [-0.2, -0.15) is 5.26 Å². The molecule has 0 radical (unpaired) electrons. The zero-order valence-electron chi connectivity index (χ0n) is 6.77. The molecule has 62 valence electrons. The summed E-state index contributed by atoms with van der Waals surface area (Å²) < 4.78 is 5.18. The van der Waals surface area contributed by atoms with Gasteiger partial charge in [0, 0.05) is 18.0 Å². The van der Waals surface area contributed by atoms with Crippen molar-refractivity contribution in [3.8, 4) is 17.4 Å². The highest BCUT2D eigenvalue weighted by molar-refractivity contribution is 5.64. The molecule has 13 heavy (non-hydrogen) atoms. The minimum absolute atomic E-state index is 0.525. The molecule has 0 fully saturated rings. The van der Waals surface area contributed by atoms with E-state index in [1.54, 1.807) is 24.6 Å². The van der Waals surface area contributed by atoms with E-state index < -0.39 is 0 Å². The third kappa shape index (κ3) is 1.30. The first-order valence-electron chi connectivity index (χ1n) is 3.80. The molecule has 2 aromatic heterocycles. The smallest absolute Gasteiger partial charge is 0.135 e. The molecule has 2 rings (SSSR count). The van der Waals surface area contributed by atoms with Crippen LogP contribution >= 0.6 is 0 Å². The number of nitrogens with zero attached hydrogens (tertiary/aromatic N) is 2. The van der Waals surface area contributed by atoms with Crippen LogP contribution in [0.3, 0.4) is 0 Å². The lowest BCUT2D eigenvalue weighted by atomic mass is 10.1. The van der Waals surface area contributed by atoms with Crippen molar-refractivity contribution in [2.75, 3.05) is 0 Å². The van der Waals surface area contributed by atoms with Crippen LogP contribution in [0.2, 0.25) is 0 Å². The van der Waals surface area contributed by atoms with E-state index in [2.05, 4.69) is 11.1 Å². The Hall–Kier alpha value is -2.08. The Morgan fingerprint density at radius 2 is 2.31 bits per heavy atom. The second-order valence-electron chi connectivity index (χ2n) is 2.51. The van der Waals surface area contributed by atoms with E-state index in [1.807, 2.05) is 6.07 Å². The highest BCUT2D eigenvalue weighted by Gasteiger charge is 2.05. The Balaban J connectivity index is 2.59. The third-order valence-corrected chi connectivity index (χ3v) is 1.73. The number of hydrogen-bond donors (Lipinski definition) is 0. The van der Waals surface area contributed by atoms with Gasteiger partial charge in [-0.25, -0.2) is 0 Å². The maximum absolute atomic E-state index is 8.79. The van der Waals surface area contributed by atoms with Crippen LogP contribution in [-0.4, -0.2) is 4.98 Å². The van der Waals surface area contributed by atoms with Gasteiger partial charge in [0.2, 0.25) is 0 Å². The Kier molecular flexibility index (Phi) is 1.81. The van der Waals surface area contributed by atoms with Gasteiger partial charge in [0.25, 0.3) is 0 Å². The molecule has 0 aliphatic carbocycles. The van der Waals surface area contributed by atoms with Crippen molar-refractivity contribution in [1.29, 1.82) is 5.26 Å². The number of pyridine rings is 1. The van der Waals surface area contributed by atoms with Crippen molar-refractivity contribution >= 4 is 0 Å². The van der Waals surface area contributed by atoms with E-state index in [1.165, 1.54) is 6.20 Å². The van der Waals surface area contributed by atoms with Crippen molar-refractivity contribution in [1.82, 2.24) is 4.98 Å². The van der Waals surface area contributed by atoms with Gasteiger partial charge in [-0.15, -0.1) is 0 Å². The fourth-order valence-electron chi connectivity index (χ4n) is 1.13. The van der Waals surface area contributed by atoms with Crippen LogP contribution in [0.25, 0.3) is 11.3 Å². The summed E-state index contributed by atoms with van der Waals surface area (Å²) in [6.45, 7) is 0. The molecule has 2 aromatic rings. The number of furan rings is 1. The lowest BCUT2D eigenvalue weighted by Crippen LogP contribution is -1.83. The summed E-state index contributed by atoms with van der Waals surface area (Å²) in [7, 11) is 0. The highest BCUT2D eigenvalue weighted by Crippen LogP contribution is 2.22. The minimum Gasteiger partial charge on any atom is -0.464 e. The summed E-state index contributed by atoms with van der Waals surface area (Å²) in [5.41, 5.74) is 1.31. The van der Waals surface area contributed by atoms with E-state index in [-0.39, 0.29) is 0 Å². The predicted octanol–water partition coefficient (Wildman–Crippen LogP) is 2.21. The summed E-state index contributed by atoms with van der Waals surface area (Å²) in [6.07, 6.45) is 4.74. The van der Waals surface area contributed by atoms with E-state index in [9.17, 15) is 0 Å². The van der Waals surface area contributed by atoms with Crippen molar-refractivity contribution in [3.63, 3.8) is 0 Å². The second-order valence-corrected chi connectivity index (χ2v) is 2.51. The standard InChI is InChI=1S/C10H6N2O/c11-6-8-7-12-4-3-9(8)10-2-1-5-13-10/h1-5,7H. The summed E-state index contributed by atoms with van der Waals surface area (Å²) in [4.78, 5) is 3.86. The number of aromatic nitrogens is 1. The van der Waals surface area contributed by atoms with Gasteiger partial charge in [0.05, 0.1) is 11.8 Å². The summed E-state index contributed by atoms with van der Waals surface area (Å²) in [5, 5.41) is 8.79. The molecule has 0 aliphatic rings. The Morgan fingerprint density at radius 3 is 3.00 bits per heavy atom. The Labute approximate surface area is 75.3 Å². The van der Waals surface area contributed by atoms with E-state index in [0.717, 1.165) is 5.56 Å². The normalized spacial score (nSPS) is 9.46. The van der Waals surface area contributed by atoms with Crippen LogP contribution in [0, 0.1) is 11.3 Å². The third-order valence-electron chi connectivity index (χ3n) is 1.73. The summed E-state index contributed by atoms with van der Waals surface area (Å²) >= 11 is 0. The van der Waals surface area contributed by atoms with Crippen LogP contribution in [0.4, 0.5) is 0 Å². The molecule has 0 bridgehead atoms. The van der Waals surface area contributed by atoms with Crippen LogP contribution < -0.4 is 0 Å². The molecule has 0 unspecified atom stereocenters. The quantitative estimate of drug-likeness (QED) is 0.659. The molecule has 0 aromatic carbocycles. The molecule has 3 heteroatoms. The molecule has 0 saturated heterocycles. The molecule has 0 N–H and O–H groups in total. The van der Waals surface area contributed by atoms with Gasteiger partial charge in [-0.3, -0.25) is 4.98 Å². The maximum Gasteiger partial charge on any atom is 0.135 e. The predicted molar refractivity (Wildman–Crippen MR) is 46.7 cm³/mol. The van der Waals surface area contributed by atoms with Gasteiger partial charge >= 0.3 is 0 Å². The number of hydrogen-bond acceptors (Lipinski definition) is 3. The van der Waals surface area contributed by atoms with Gasteiger partial charge in [0.15, 0.2) is 0 Å². The van der Waals surface area contributed by atoms with E-state index >= 15 is 0 Å². The fourth-order valence-corrected chi connectivity index (χ4v) is 1.13. The minimum atomic E-state index is 0.525. The maximum atomic E-state index is 8.79. The van der Waals surface area contributed by atoms with Gasteiger partial charge in [-0.05, 0) is 18.2 Å². The van der Waals surface area contributed by atoms with E-state index in [4.69, 9.17) is 9.68 Å². The molecule has 0 amide bonds. The van der Waals surface area contributed by atoms with Crippen LogP contribution in [0.1, 0.15) is 5.56 Å². The first-order chi connectivity index (χ1) is 6.42. The molecule has 2 heterocycles. The summed E-state index contributed by atoms with van der Waals surface area (Å²) in [6, 6.07) is 7.43. The van der Waals surface area contributed by atoms with Crippen molar-refractivity contribution in [3.05, 3.63) is 42.4 Å². The molecule has 0 spiro atoms. The molecule has 0 saturated carbocycles. The molecular formula is C10H6N2O. The number of rotatable bonds is 1. The zero-order chi connectivity index (χ0) is 9.10. The average Bonchev–Trinajstić information content (AvgIpc) is 2.70. The lowest BCUT2D eigenvalue weighted by molar-refractivity contribution is 0.582.